The molecule has 2 aromatic rings. The highest BCUT2D eigenvalue weighted by Gasteiger charge is 2.08. The highest BCUT2D eigenvalue weighted by atomic mass is 19.1. The number of aromatic nitrogens is 3. The van der Waals surface area contributed by atoms with Crippen molar-refractivity contribution in [3.63, 3.8) is 0 Å². The minimum atomic E-state index is -0.353. The van der Waals surface area contributed by atoms with E-state index in [2.05, 4.69) is 10.2 Å². The largest absolute Gasteiger partial charge is 0.398 e. The van der Waals surface area contributed by atoms with E-state index in [1.807, 2.05) is 0 Å². The normalized spacial score (nSPS) is 10.4. The predicted octanol–water partition coefficient (Wildman–Crippen LogP) is 1.20. The van der Waals surface area contributed by atoms with Gasteiger partial charge in [-0.15, -0.1) is 10.2 Å². The molecule has 2 rings (SSSR count). The molecule has 0 aliphatic carbocycles. The highest BCUT2D eigenvalue weighted by molar-refractivity contribution is 5.71. The van der Waals surface area contributed by atoms with E-state index in [-0.39, 0.29) is 5.82 Å². The molecular weight excluding hydrogens is 183 g/mol. The minimum absolute atomic E-state index is 0.353. The van der Waals surface area contributed by atoms with Crippen LogP contribution < -0.4 is 5.73 Å². The molecule has 0 atom stereocenters. The second-order valence-corrected chi connectivity index (χ2v) is 3.00. The van der Waals surface area contributed by atoms with Crippen LogP contribution in [0.5, 0.6) is 0 Å². The Labute approximate surface area is 80.2 Å². The van der Waals surface area contributed by atoms with Crippen molar-refractivity contribution in [3.05, 3.63) is 30.3 Å². The monoisotopic (exact) mass is 192 g/mol. The van der Waals surface area contributed by atoms with Crippen LogP contribution in [0.15, 0.2) is 24.5 Å². The Morgan fingerprint density at radius 1 is 1.43 bits per heavy atom. The number of aryl methyl sites for hydroxylation is 1. The molecule has 14 heavy (non-hydrogen) atoms. The van der Waals surface area contributed by atoms with Crippen molar-refractivity contribution in [1.29, 1.82) is 0 Å². The molecule has 0 aliphatic heterocycles. The Morgan fingerprint density at radius 2 is 2.21 bits per heavy atom. The van der Waals surface area contributed by atoms with Crippen LogP contribution in [0.25, 0.3) is 11.4 Å². The zero-order chi connectivity index (χ0) is 10.1. The molecule has 0 amide bonds. The summed E-state index contributed by atoms with van der Waals surface area (Å²) in [5.41, 5.74) is 6.71. The van der Waals surface area contributed by atoms with E-state index < -0.39 is 0 Å². The molecule has 0 spiro atoms. The number of halogens is 1. The van der Waals surface area contributed by atoms with Gasteiger partial charge in [-0.3, -0.25) is 0 Å². The van der Waals surface area contributed by atoms with Crippen molar-refractivity contribution in [1.82, 2.24) is 14.8 Å². The number of benzene rings is 1. The van der Waals surface area contributed by atoms with E-state index in [0.717, 1.165) is 0 Å². The van der Waals surface area contributed by atoms with Crippen molar-refractivity contribution >= 4 is 5.69 Å². The van der Waals surface area contributed by atoms with Gasteiger partial charge in [-0.25, -0.2) is 4.39 Å². The highest BCUT2D eigenvalue weighted by Crippen LogP contribution is 2.23. The van der Waals surface area contributed by atoms with Crippen LogP contribution in [0.3, 0.4) is 0 Å². The van der Waals surface area contributed by atoms with Crippen molar-refractivity contribution in [3.8, 4) is 11.4 Å². The van der Waals surface area contributed by atoms with Gasteiger partial charge in [0.1, 0.15) is 12.1 Å². The Balaban J connectivity index is 2.58. The lowest BCUT2D eigenvalue weighted by molar-refractivity contribution is 0.628. The summed E-state index contributed by atoms with van der Waals surface area (Å²) >= 11 is 0. The Hall–Kier alpha value is -1.91. The van der Waals surface area contributed by atoms with E-state index in [1.165, 1.54) is 12.1 Å². The van der Waals surface area contributed by atoms with E-state index in [4.69, 9.17) is 5.73 Å². The van der Waals surface area contributed by atoms with Gasteiger partial charge >= 0.3 is 0 Å². The molecule has 0 fully saturated rings. The molecule has 0 saturated heterocycles. The van der Waals surface area contributed by atoms with Crippen molar-refractivity contribution in [2.24, 2.45) is 7.05 Å². The number of rotatable bonds is 1. The molecule has 4 nitrogen and oxygen atoms in total. The summed E-state index contributed by atoms with van der Waals surface area (Å²) in [6.45, 7) is 0. The van der Waals surface area contributed by atoms with Crippen molar-refractivity contribution in [2.45, 2.75) is 0 Å². The molecule has 72 valence electrons. The molecular formula is C9H9FN4. The van der Waals surface area contributed by atoms with Gasteiger partial charge in [-0.05, 0) is 18.2 Å². The first kappa shape index (κ1) is 8.68. The third-order valence-electron chi connectivity index (χ3n) is 1.97. The third kappa shape index (κ3) is 1.32. The van der Waals surface area contributed by atoms with E-state index in [1.54, 1.807) is 24.0 Å². The first-order valence-electron chi connectivity index (χ1n) is 4.08. The number of anilines is 1. The summed E-state index contributed by atoms with van der Waals surface area (Å²) in [4.78, 5) is 0. The summed E-state index contributed by atoms with van der Waals surface area (Å²) in [7, 11) is 1.80. The number of nitrogens with two attached hydrogens (primary N) is 1. The third-order valence-corrected chi connectivity index (χ3v) is 1.97. The van der Waals surface area contributed by atoms with Gasteiger partial charge in [-0.2, -0.15) is 0 Å². The maximum atomic E-state index is 12.8. The summed E-state index contributed by atoms with van der Waals surface area (Å²) < 4.78 is 14.5. The Morgan fingerprint density at radius 3 is 2.79 bits per heavy atom. The number of nitrogens with zero attached hydrogens (tertiary/aromatic N) is 3. The fourth-order valence-electron chi connectivity index (χ4n) is 1.26. The van der Waals surface area contributed by atoms with Gasteiger partial charge in [0.2, 0.25) is 0 Å². The smallest absolute Gasteiger partial charge is 0.165 e. The SMILES string of the molecule is Cn1cnnc1-c1ccc(F)cc1N. The molecule has 5 heteroatoms. The first-order valence-corrected chi connectivity index (χ1v) is 4.08. The maximum Gasteiger partial charge on any atom is 0.165 e. The van der Waals surface area contributed by atoms with Gasteiger partial charge in [0, 0.05) is 18.3 Å². The number of nitrogen functional groups attached to an aromatic ring is 1. The second kappa shape index (κ2) is 3.10. The molecule has 0 saturated carbocycles. The number of hydrogen-bond acceptors (Lipinski definition) is 3. The zero-order valence-electron chi connectivity index (χ0n) is 7.61. The standard InChI is InChI=1S/C9H9FN4/c1-14-5-12-13-9(14)7-3-2-6(10)4-8(7)11/h2-5H,11H2,1H3. The van der Waals surface area contributed by atoms with Crippen LogP contribution in [0.2, 0.25) is 0 Å². The second-order valence-electron chi connectivity index (χ2n) is 3.00. The van der Waals surface area contributed by atoms with Gasteiger partial charge in [0.25, 0.3) is 0 Å². The molecule has 1 heterocycles. The maximum absolute atomic E-state index is 12.8. The summed E-state index contributed by atoms with van der Waals surface area (Å²) in [5, 5.41) is 7.61. The molecule has 0 unspecified atom stereocenters. The fraction of sp³-hybridized carbons (Fsp3) is 0.111. The minimum Gasteiger partial charge on any atom is -0.398 e. The van der Waals surface area contributed by atoms with Crippen LogP contribution >= 0.6 is 0 Å². The van der Waals surface area contributed by atoms with Gasteiger partial charge in [0.15, 0.2) is 5.82 Å². The van der Waals surface area contributed by atoms with Crippen LogP contribution in [0.4, 0.5) is 10.1 Å². The van der Waals surface area contributed by atoms with E-state index >= 15 is 0 Å². The number of hydrogen-bond donors (Lipinski definition) is 1. The Kier molecular flexibility index (Phi) is 1.92. The zero-order valence-corrected chi connectivity index (χ0v) is 7.61. The van der Waals surface area contributed by atoms with Crippen LogP contribution in [-0.2, 0) is 7.05 Å². The lowest BCUT2D eigenvalue weighted by Gasteiger charge is -2.03. The van der Waals surface area contributed by atoms with Gasteiger partial charge in [0.05, 0.1) is 0 Å². The molecule has 0 aliphatic rings. The summed E-state index contributed by atoms with van der Waals surface area (Å²) in [5.74, 6) is 0.274. The molecule has 1 aromatic carbocycles. The molecule has 0 radical (unpaired) electrons. The van der Waals surface area contributed by atoms with Crippen molar-refractivity contribution < 1.29 is 4.39 Å². The average Bonchev–Trinajstić information content (AvgIpc) is 2.52. The quantitative estimate of drug-likeness (QED) is 0.691. The molecule has 1 aromatic heterocycles. The topological polar surface area (TPSA) is 56.7 Å². The van der Waals surface area contributed by atoms with Gasteiger partial charge < -0.3 is 10.3 Å². The van der Waals surface area contributed by atoms with Gasteiger partial charge in [-0.1, -0.05) is 0 Å². The lowest BCUT2D eigenvalue weighted by Crippen LogP contribution is -1.96. The van der Waals surface area contributed by atoms with Crippen LogP contribution in [0.1, 0.15) is 0 Å². The summed E-state index contributed by atoms with van der Waals surface area (Å²) in [6.07, 6.45) is 1.57. The fourth-order valence-corrected chi connectivity index (χ4v) is 1.26. The van der Waals surface area contributed by atoms with E-state index in [0.29, 0.717) is 17.1 Å². The molecule has 2 N–H and O–H groups in total. The average molecular weight is 192 g/mol. The first-order chi connectivity index (χ1) is 6.68. The predicted molar refractivity (Wildman–Crippen MR) is 50.8 cm³/mol. The molecule has 0 bridgehead atoms. The Bertz CT molecular complexity index is 464. The van der Waals surface area contributed by atoms with E-state index in [9.17, 15) is 4.39 Å². The van der Waals surface area contributed by atoms with Crippen molar-refractivity contribution in [2.75, 3.05) is 5.73 Å². The van der Waals surface area contributed by atoms with Crippen LogP contribution in [0, 0.1) is 5.82 Å². The lowest BCUT2D eigenvalue weighted by atomic mass is 10.1. The summed E-state index contributed by atoms with van der Waals surface area (Å²) in [6, 6.07) is 4.21. The van der Waals surface area contributed by atoms with Crippen LogP contribution in [-0.4, -0.2) is 14.8 Å².